The highest BCUT2D eigenvalue weighted by Gasteiger charge is 2.13. The van der Waals surface area contributed by atoms with E-state index in [2.05, 4.69) is 61.7 Å². The average molecular weight is 284 g/mol. The van der Waals surface area contributed by atoms with Gasteiger partial charge in [0.1, 0.15) is 0 Å². The molecule has 0 N–H and O–H groups in total. The Labute approximate surface area is 124 Å². The molecule has 0 fully saturated rings. The van der Waals surface area contributed by atoms with E-state index in [1.165, 1.54) is 27.7 Å². The molecule has 0 radical (unpaired) electrons. The highest BCUT2D eigenvalue weighted by molar-refractivity contribution is 6.31. The fourth-order valence-corrected chi connectivity index (χ4v) is 2.89. The molecular weight excluding hydrogens is 266 g/mol. The van der Waals surface area contributed by atoms with E-state index in [1.807, 2.05) is 12.1 Å². The Balaban J connectivity index is 2.28. The van der Waals surface area contributed by atoms with Crippen LogP contribution in [0.3, 0.4) is 0 Å². The van der Waals surface area contributed by atoms with Crippen molar-refractivity contribution < 1.29 is 0 Å². The summed E-state index contributed by atoms with van der Waals surface area (Å²) >= 11 is 6.12. The molecule has 0 atom stereocenters. The van der Waals surface area contributed by atoms with Crippen molar-refractivity contribution >= 4 is 22.5 Å². The van der Waals surface area contributed by atoms with Crippen molar-refractivity contribution in [3.63, 3.8) is 0 Å². The molecule has 2 heteroatoms. The Kier molecular flexibility index (Phi) is 3.31. The highest BCUT2D eigenvalue weighted by Crippen LogP contribution is 2.32. The summed E-state index contributed by atoms with van der Waals surface area (Å²) < 4.78 is 2.37. The van der Waals surface area contributed by atoms with E-state index >= 15 is 0 Å². The zero-order valence-corrected chi connectivity index (χ0v) is 12.8. The second kappa shape index (κ2) is 4.99. The molecule has 0 aliphatic heterocycles. The molecule has 0 spiro atoms. The molecule has 20 heavy (non-hydrogen) atoms. The molecule has 3 rings (SSSR count). The van der Waals surface area contributed by atoms with Gasteiger partial charge in [-0.1, -0.05) is 41.4 Å². The van der Waals surface area contributed by atoms with Crippen LogP contribution in [0.25, 0.3) is 22.2 Å². The van der Waals surface area contributed by atoms with Gasteiger partial charge in [0.25, 0.3) is 0 Å². The Morgan fingerprint density at radius 1 is 0.950 bits per heavy atom. The molecule has 1 aromatic heterocycles. The fraction of sp³-hybridized carbons (Fsp3) is 0.222. The first-order valence-electron chi connectivity index (χ1n) is 6.94. The van der Waals surface area contributed by atoms with Crippen LogP contribution < -0.4 is 0 Å². The van der Waals surface area contributed by atoms with Gasteiger partial charge in [0.05, 0.1) is 0 Å². The number of hydrogen-bond donors (Lipinski definition) is 0. The van der Waals surface area contributed by atoms with Crippen molar-refractivity contribution in [1.82, 2.24) is 4.57 Å². The summed E-state index contributed by atoms with van der Waals surface area (Å²) in [6.07, 6.45) is 0. The minimum atomic E-state index is 0.407. The van der Waals surface area contributed by atoms with Crippen LogP contribution in [0.1, 0.15) is 25.5 Å². The van der Waals surface area contributed by atoms with Crippen LogP contribution in [0.15, 0.2) is 48.5 Å². The molecule has 1 nitrogen and oxygen atoms in total. The Bertz CT molecular complexity index is 751. The van der Waals surface area contributed by atoms with Crippen molar-refractivity contribution in [2.75, 3.05) is 0 Å². The standard InChI is InChI=1S/C18H18ClN/c1-12(2)20-17-9-8-16(19)10-15(17)11-18(20)14-6-4-13(3)5-7-14/h4-12H,1-3H3. The lowest BCUT2D eigenvalue weighted by molar-refractivity contribution is 0.629. The van der Waals surface area contributed by atoms with Gasteiger partial charge in [-0.05, 0) is 50.6 Å². The van der Waals surface area contributed by atoms with Gasteiger partial charge in [0, 0.05) is 27.7 Å². The molecule has 0 bridgehead atoms. The van der Waals surface area contributed by atoms with Crippen LogP contribution in [0.4, 0.5) is 0 Å². The third-order valence-corrected chi connectivity index (χ3v) is 3.90. The first-order chi connectivity index (χ1) is 9.56. The molecule has 0 unspecified atom stereocenters. The van der Waals surface area contributed by atoms with Crippen LogP contribution in [-0.2, 0) is 0 Å². The van der Waals surface area contributed by atoms with Crippen LogP contribution in [0, 0.1) is 6.92 Å². The number of aryl methyl sites for hydroxylation is 1. The molecule has 2 aromatic carbocycles. The van der Waals surface area contributed by atoms with Crippen LogP contribution in [0.2, 0.25) is 5.02 Å². The monoisotopic (exact) mass is 283 g/mol. The molecule has 102 valence electrons. The number of hydrogen-bond acceptors (Lipinski definition) is 0. The van der Waals surface area contributed by atoms with E-state index in [0.717, 1.165) is 5.02 Å². The Hall–Kier alpha value is -1.73. The van der Waals surface area contributed by atoms with Crippen molar-refractivity contribution in [1.29, 1.82) is 0 Å². The van der Waals surface area contributed by atoms with Crippen molar-refractivity contribution in [3.8, 4) is 11.3 Å². The maximum absolute atomic E-state index is 6.12. The molecule has 3 aromatic rings. The molecule has 0 saturated heterocycles. The second-order valence-electron chi connectivity index (χ2n) is 5.56. The van der Waals surface area contributed by atoms with Crippen LogP contribution >= 0.6 is 11.6 Å². The van der Waals surface area contributed by atoms with Crippen molar-refractivity contribution in [3.05, 3.63) is 59.1 Å². The van der Waals surface area contributed by atoms with Gasteiger partial charge < -0.3 is 4.57 Å². The number of nitrogens with zero attached hydrogens (tertiary/aromatic N) is 1. The third kappa shape index (κ3) is 2.23. The number of rotatable bonds is 2. The lowest BCUT2D eigenvalue weighted by Crippen LogP contribution is -2.02. The van der Waals surface area contributed by atoms with Gasteiger partial charge in [-0.2, -0.15) is 0 Å². The number of benzene rings is 2. The Morgan fingerprint density at radius 3 is 2.30 bits per heavy atom. The molecule has 0 amide bonds. The fourth-order valence-electron chi connectivity index (χ4n) is 2.71. The minimum absolute atomic E-state index is 0.407. The lowest BCUT2D eigenvalue weighted by atomic mass is 10.1. The number of halogens is 1. The van der Waals surface area contributed by atoms with Gasteiger partial charge in [0.15, 0.2) is 0 Å². The van der Waals surface area contributed by atoms with Crippen molar-refractivity contribution in [2.24, 2.45) is 0 Å². The van der Waals surface area contributed by atoms with E-state index < -0.39 is 0 Å². The van der Waals surface area contributed by atoms with E-state index in [1.54, 1.807) is 0 Å². The molecule has 0 aliphatic rings. The van der Waals surface area contributed by atoms with E-state index in [9.17, 15) is 0 Å². The Morgan fingerprint density at radius 2 is 1.65 bits per heavy atom. The van der Waals surface area contributed by atoms with Gasteiger partial charge in [-0.15, -0.1) is 0 Å². The summed E-state index contributed by atoms with van der Waals surface area (Å²) in [6, 6.07) is 17.4. The summed E-state index contributed by atoms with van der Waals surface area (Å²) in [4.78, 5) is 0. The summed E-state index contributed by atoms with van der Waals surface area (Å²) in [6.45, 7) is 6.54. The van der Waals surface area contributed by atoms with E-state index in [-0.39, 0.29) is 0 Å². The zero-order valence-electron chi connectivity index (χ0n) is 12.0. The lowest BCUT2D eigenvalue weighted by Gasteiger charge is -2.15. The topological polar surface area (TPSA) is 4.93 Å². The van der Waals surface area contributed by atoms with Gasteiger partial charge >= 0.3 is 0 Å². The van der Waals surface area contributed by atoms with Gasteiger partial charge in [-0.25, -0.2) is 0 Å². The van der Waals surface area contributed by atoms with E-state index in [0.29, 0.717) is 6.04 Å². The van der Waals surface area contributed by atoms with E-state index in [4.69, 9.17) is 11.6 Å². The number of aromatic nitrogens is 1. The van der Waals surface area contributed by atoms with Gasteiger partial charge in [0.2, 0.25) is 0 Å². The smallest absolute Gasteiger partial charge is 0.0493 e. The molecule has 1 heterocycles. The first kappa shape index (κ1) is 13.3. The SMILES string of the molecule is Cc1ccc(-c2cc3cc(Cl)ccc3n2C(C)C)cc1. The first-order valence-corrected chi connectivity index (χ1v) is 7.31. The summed E-state index contributed by atoms with van der Waals surface area (Å²) in [5, 5.41) is 1.98. The molecular formula is C18H18ClN. The maximum Gasteiger partial charge on any atom is 0.0493 e. The minimum Gasteiger partial charge on any atom is -0.338 e. The average Bonchev–Trinajstić information content (AvgIpc) is 2.77. The molecule has 0 aliphatic carbocycles. The quantitative estimate of drug-likeness (QED) is 0.556. The second-order valence-corrected chi connectivity index (χ2v) is 6.00. The highest BCUT2D eigenvalue weighted by atomic mass is 35.5. The third-order valence-electron chi connectivity index (χ3n) is 3.66. The zero-order chi connectivity index (χ0) is 14.3. The van der Waals surface area contributed by atoms with Crippen LogP contribution in [-0.4, -0.2) is 4.57 Å². The normalized spacial score (nSPS) is 11.4. The summed E-state index contributed by atoms with van der Waals surface area (Å²) in [5.74, 6) is 0. The largest absolute Gasteiger partial charge is 0.338 e. The summed E-state index contributed by atoms with van der Waals surface area (Å²) in [7, 11) is 0. The predicted octanol–water partition coefficient (Wildman–Crippen LogP) is 5.85. The predicted molar refractivity (Wildman–Crippen MR) is 87.5 cm³/mol. The maximum atomic E-state index is 6.12. The van der Waals surface area contributed by atoms with Gasteiger partial charge in [-0.3, -0.25) is 0 Å². The van der Waals surface area contributed by atoms with Crippen molar-refractivity contribution in [2.45, 2.75) is 26.8 Å². The number of fused-ring (bicyclic) bond motifs is 1. The van der Waals surface area contributed by atoms with Crippen LogP contribution in [0.5, 0.6) is 0 Å². The molecule has 0 saturated carbocycles. The summed E-state index contributed by atoms with van der Waals surface area (Å²) in [5.41, 5.74) is 5.01.